The van der Waals surface area contributed by atoms with Crippen molar-refractivity contribution in [3.63, 3.8) is 0 Å². The SMILES string of the molecule is CCSCCCCC(NC)c1ccccc1. The molecule has 0 aliphatic heterocycles. The van der Waals surface area contributed by atoms with E-state index in [9.17, 15) is 0 Å². The first kappa shape index (κ1) is 13.6. The van der Waals surface area contributed by atoms with Crippen LogP contribution in [0.3, 0.4) is 0 Å². The van der Waals surface area contributed by atoms with Gasteiger partial charge in [0, 0.05) is 6.04 Å². The Hall–Kier alpha value is -0.470. The van der Waals surface area contributed by atoms with Crippen molar-refractivity contribution in [1.82, 2.24) is 5.32 Å². The van der Waals surface area contributed by atoms with E-state index in [1.54, 1.807) is 0 Å². The van der Waals surface area contributed by atoms with Gasteiger partial charge in [-0.2, -0.15) is 11.8 Å². The second kappa shape index (κ2) is 8.66. The smallest absolute Gasteiger partial charge is 0.0317 e. The molecule has 0 amide bonds. The average molecular weight is 237 g/mol. The zero-order chi connectivity index (χ0) is 11.6. The number of rotatable bonds is 8. The number of benzene rings is 1. The van der Waals surface area contributed by atoms with Crippen molar-refractivity contribution in [3.05, 3.63) is 35.9 Å². The molecular formula is C14H23NS. The van der Waals surface area contributed by atoms with Crippen molar-refractivity contribution in [3.8, 4) is 0 Å². The van der Waals surface area contributed by atoms with Gasteiger partial charge in [-0.25, -0.2) is 0 Å². The summed E-state index contributed by atoms with van der Waals surface area (Å²) in [6.45, 7) is 2.23. The van der Waals surface area contributed by atoms with E-state index in [2.05, 4.69) is 49.6 Å². The summed E-state index contributed by atoms with van der Waals surface area (Å²) in [6.07, 6.45) is 3.89. The maximum Gasteiger partial charge on any atom is 0.0317 e. The average Bonchev–Trinajstić information content (AvgIpc) is 2.35. The van der Waals surface area contributed by atoms with Gasteiger partial charge >= 0.3 is 0 Å². The molecule has 0 aliphatic carbocycles. The molecule has 90 valence electrons. The second-order valence-electron chi connectivity index (χ2n) is 3.94. The lowest BCUT2D eigenvalue weighted by Crippen LogP contribution is -2.16. The van der Waals surface area contributed by atoms with Crippen molar-refractivity contribution >= 4 is 11.8 Å². The van der Waals surface area contributed by atoms with Gasteiger partial charge in [0.05, 0.1) is 0 Å². The highest BCUT2D eigenvalue weighted by Gasteiger charge is 2.07. The van der Waals surface area contributed by atoms with E-state index in [4.69, 9.17) is 0 Å². The van der Waals surface area contributed by atoms with Crippen LogP contribution in [0, 0.1) is 0 Å². The third-order valence-electron chi connectivity index (χ3n) is 2.79. The predicted molar refractivity (Wildman–Crippen MR) is 75.1 cm³/mol. The van der Waals surface area contributed by atoms with Crippen LogP contribution in [-0.4, -0.2) is 18.6 Å². The Bertz CT molecular complexity index is 261. The Kier molecular flexibility index (Phi) is 7.35. The molecule has 1 unspecified atom stereocenters. The molecule has 0 spiro atoms. The van der Waals surface area contributed by atoms with Crippen LogP contribution in [0.4, 0.5) is 0 Å². The molecule has 2 heteroatoms. The fourth-order valence-electron chi connectivity index (χ4n) is 1.86. The normalized spacial score (nSPS) is 12.6. The van der Waals surface area contributed by atoms with Gasteiger partial charge in [0.2, 0.25) is 0 Å². The van der Waals surface area contributed by atoms with E-state index in [1.807, 2.05) is 11.8 Å². The number of hydrogen-bond acceptors (Lipinski definition) is 2. The van der Waals surface area contributed by atoms with E-state index in [0.717, 1.165) is 0 Å². The fraction of sp³-hybridized carbons (Fsp3) is 0.571. The number of hydrogen-bond donors (Lipinski definition) is 1. The summed E-state index contributed by atoms with van der Waals surface area (Å²) in [5, 5.41) is 3.40. The number of unbranched alkanes of at least 4 members (excludes halogenated alkanes) is 1. The van der Waals surface area contributed by atoms with Crippen LogP contribution < -0.4 is 5.32 Å². The van der Waals surface area contributed by atoms with E-state index in [0.29, 0.717) is 6.04 Å². The molecule has 1 N–H and O–H groups in total. The summed E-state index contributed by atoms with van der Waals surface area (Å²) < 4.78 is 0. The van der Waals surface area contributed by atoms with E-state index >= 15 is 0 Å². The summed E-state index contributed by atoms with van der Waals surface area (Å²) in [5.74, 6) is 2.55. The van der Waals surface area contributed by atoms with Crippen LogP contribution in [0.1, 0.15) is 37.8 Å². The Labute approximate surface area is 104 Å². The summed E-state index contributed by atoms with van der Waals surface area (Å²) in [6, 6.07) is 11.3. The zero-order valence-electron chi connectivity index (χ0n) is 10.4. The van der Waals surface area contributed by atoms with Crippen LogP contribution in [0.25, 0.3) is 0 Å². The minimum absolute atomic E-state index is 0.521. The van der Waals surface area contributed by atoms with Gasteiger partial charge in [-0.05, 0) is 37.0 Å². The van der Waals surface area contributed by atoms with Crippen LogP contribution in [-0.2, 0) is 0 Å². The summed E-state index contributed by atoms with van der Waals surface area (Å²) in [7, 11) is 2.05. The Morgan fingerprint density at radius 3 is 2.56 bits per heavy atom. The van der Waals surface area contributed by atoms with Gasteiger partial charge in [0.25, 0.3) is 0 Å². The molecule has 1 atom stereocenters. The van der Waals surface area contributed by atoms with Gasteiger partial charge < -0.3 is 5.32 Å². The molecule has 0 bridgehead atoms. The molecule has 0 aromatic heterocycles. The first-order chi connectivity index (χ1) is 7.88. The van der Waals surface area contributed by atoms with Gasteiger partial charge in [-0.3, -0.25) is 0 Å². The minimum atomic E-state index is 0.521. The summed E-state index contributed by atoms with van der Waals surface area (Å²) in [4.78, 5) is 0. The highest BCUT2D eigenvalue weighted by Crippen LogP contribution is 2.19. The monoisotopic (exact) mass is 237 g/mol. The number of nitrogens with one attached hydrogen (secondary N) is 1. The van der Waals surface area contributed by atoms with Gasteiger partial charge in [-0.1, -0.05) is 43.7 Å². The maximum absolute atomic E-state index is 3.40. The van der Waals surface area contributed by atoms with Crippen molar-refractivity contribution in [2.24, 2.45) is 0 Å². The highest BCUT2D eigenvalue weighted by molar-refractivity contribution is 7.99. The van der Waals surface area contributed by atoms with Crippen molar-refractivity contribution in [1.29, 1.82) is 0 Å². The molecule has 0 radical (unpaired) electrons. The minimum Gasteiger partial charge on any atom is -0.313 e. The topological polar surface area (TPSA) is 12.0 Å². The summed E-state index contributed by atoms with van der Waals surface area (Å²) >= 11 is 2.04. The molecule has 1 aromatic carbocycles. The third kappa shape index (κ3) is 5.04. The lowest BCUT2D eigenvalue weighted by Gasteiger charge is -2.16. The van der Waals surface area contributed by atoms with Crippen molar-refractivity contribution in [2.75, 3.05) is 18.6 Å². The van der Waals surface area contributed by atoms with Crippen molar-refractivity contribution < 1.29 is 0 Å². The van der Waals surface area contributed by atoms with Gasteiger partial charge in [-0.15, -0.1) is 0 Å². The van der Waals surface area contributed by atoms with Gasteiger partial charge in [0.15, 0.2) is 0 Å². The molecule has 1 aromatic rings. The Morgan fingerprint density at radius 1 is 1.19 bits per heavy atom. The first-order valence-electron chi connectivity index (χ1n) is 6.18. The zero-order valence-corrected chi connectivity index (χ0v) is 11.2. The molecule has 0 heterocycles. The predicted octanol–water partition coefficient (Wildman–Crippen LogP) is 3.87. The largest absolute Gasteiger partial charge is 0.313 e. The fourth-order valence-corrected chi connectivity index (χ4v) is 2.56. The molecule has 0 aliphatic rings. The third-order valence-corrected chi connectivity index (χ3v) is 3.77. The highest BCUT2D eigenvalue weighted by atomic mass is 32.2. The molecule has 0 fully saturated rings. The van der Waals surface area contributed by atoms with E-state index < -0.39 is 0 Å². The molecule has 1 nitrogen and oxygen atoms in total. The second-order valence-corrected chi connectivity index (χ2v) is 5.34. The first-order valence-corrected chi connectivity index (χ1v) is 7.34. The van der Waals surface area contributed by atoms with E-state index in [1.165, 1.54) is 36.3 Å². The lowest BCUT2D eigenvalue weighted by molar-refractivity contribution is 0.524. The molecule has 0 saturated heterocycles. The molecule has 1 rings (SSSR count). The Morgan fingerprint density at radius 2 is 1.94 bits per heavy atom. The van der Waals surface area contributed by atoms with E-state index in [-0.39, 0.29) is 0 Å². The maximum atomic E-state index is 3.40. The van der Waals surface area contributed by atoms with Crippen LogP contribution >= 0.6 is 11.8 Å². The summed E-state index contributed by atoms with van der Waals surface area (Å²) in [5.41, 5.74) is 1.41. The molecule has 0 saturated carbocycles. The molecule has 16 heavy (non-hydrogen) atoms. The van der Waals surface area contributed by atoms with Gasteiger partial charge in [0.1, 0.15) is 0 Å². The van der Waals surface area contributed by atoms with Crippen LogP contribution in [0.15, 0.2) is 30.3 Å². The quantitative estimate of drug-likeness (QED) is 0.689. The standard InChI is InChI=1S/C14H23NS/c1-3-16-12-8-7-11-14(15-2)13-9-5-4-6-10-13/h4-6,9-10,14-15H,3,7-8,11-12H2,1-2H3. The number of thioether (sulfide) groups is 1. The molecular weight excluding hydrogens is 214 g/mol. The van der Waals surface area contributed by atoms with Crippen LogP contribution in [0.5, 0.6) is 0 Å². The Balaban J connectivity index is 2.27. The lowest BCUT2D eigenvalue weighted by atomic mass is 10.0. The van der Waals surface area contributed by atoms with Crippen LogP contribution in [0.2, 0.25) is 0 Å². The van der Waals surface area contributed by atoms with Crippen molar-refractivity contribution in [2.45, 2.75) is 32.2 Å².